The molecular weight excluding hydrogens is 514 g/mol. The number of benzene rings is 1. The molecule has 2 aliphatic heterocycles. The zero-order valence-corrected chi connectivity index (χ0v) is 24.2. The van der Waals surface area contributed by atoms with Gasteiger partial charge in [-0.1, -0.05) is 6.08 Å². The molecule has 0 spiro atoms. The molecule has 0 N–H and O–H groups in total. The Labute approximate surface area is 230 Å². The standard InChI is InChI=1S/C29H37N5O4S/c1-29(2,3)38-28(35)34-12-10-21(11-13-34)25-20-31(4)26-19-30-27(18-24(25)26)33-16-14-32(15-17-33)22-6-8-23(9-7-22)39(5,36)37/h6-10,18-20H,11-17H2,1-5H3. The third-order valence-electron chi connectivity index (χ3n) is 7.30. The van der Waals surface area contributed by atoms with Crippen molar-refractivity contribution < 1.29 is 17.9 Å². The van der Waals surface area contributed by atoms with Crippen LogP contribution < -0.4 is 9.80 Å². The molecular formula is C29H37N5O4S. The number of carbonyl (C=O) groups excluding carboxylic acids is 1. The molecule has 1 aromatic carbocycles. The highest BCUT2D eigenvalue weighted by Gasteiger charge is 2.25. The number of rotatable bonds is 4. The number of amides is 1. The molecule has 39 heavy (non-hydrogen) atoms. The molecule has 1 fully saturated rings. The van der Waals surface area contributed by atoms with E-state index in [9.17, 15) is 13.2 Å². The van der Waals surface area contributed by atoms with Gasteiger partial charge in [0.25, 0.3) is 0 Å². The zero-order valence-electron chi connectivity index (χ0n) is 23.3. The van der Waals surface area contributed by atoms with E-state index in [-0.39, 0.29) is 6.09 Å². The van der Waals surface area contributed by atoms with Crippen LogP contribution in [0.1, 0.15) is 32.8 Å². The van der Waals surface area contributed by atoms with Crippen LogP contribution in [0.2, 0.25) is 0 Å². The molecule has 0 bridgehead atoms. The summed E-state index contributed by atoms with van der Waals surface area (Å²) >= 11 is 0. The van der Waals surface area contributed by atoms with Crippen LogP contribution >= 0.6 is 0 Å². The number of anilines is 2. The topological polar surface area (TPSA) is 88.0 Å². The van der Waals surface area contributed by atoms with Gasteiger partial charge in [0.1, 0.15) is 11.4 Å². The van der Waals surface area contributed by atoms with E-state index >= 15 is 0 Å². The Hall–Kier alpha value is -3.53. The molecule has 4 heterocycles. The summed E-state index contributed by atoms with van der Waals surface area (Å²) in [6, 6.07) is 9.30. The van der Waals surface area contributed by atoms with Gasteiger partial charge in [-0.15, -0.1) is 0 Å². The van der Waals surface area contributed by atoms with Gasteiger partial charge < -0.3 is 24.0 Å². The largest absolute Gasteiger partial charge is 0.444 e. The first-order valence-corrected chi connectivity index (χ1v) is 15.2. The van der Waals surface area contributed by atoms with E-state index in [4.69, 9.17) is 9.72 Å². The minimum atomic E-state index is -3.20. The fourth-order valence-corrected chi connectivity index (χ4v) is 5.83. The third kappa shape index (κ3) is 5.90. The highest BCUT2D eigenvalue weighted by molar-refractivity contribution is 7.90. The number of aryl methyl sites for hydroxylation is 1. The number of hydrogen-bond donors (Lipinski definition) is 0. The number of fused-ring (bicyclic) bond motifs is 1. The second kappa shape index (κ2) is 10.2. The van der Waals surface area contributed by atoms with Crippen molar-refractivity contribution in [3.63, 3.8) is 0 Å². The average molecular weight is 552 g/mol. The number of pyridine rings is 1. The summed E-state index contributed by atoms with van der Waals surface area (Å²) < 4.78 is 31.2. The van der Waals surface area contributed by atoms with E-state index in [0.717, 1.165) is 49.6 Å². The lowest BCUT2D eigenvalue weighted by atomic mass is 9.99. The third-order valence-corrected chi connectivity index (χ3v) is 8.43. The Morgan fingerprint density at radius 2 is 1.67 bits per heavy atom. The zero-order chi connectivity index (χ0) is 27.9. The summed E-state index contributed by atoms with van der Waals surface area (Å²) in [4.78, 5) is 23.9. The Bertz CT molecular complexity index is 1510. The first kappa shape index (κ1) is 27.1. The number of aromatic nitrogens is 2. The summed E-state index contributed by atoms with van der Waals surface area (Å²) in [5.41, 5.74) is 4.02. The highest BCUT2D eigenvalue weighted by atomic mass is 32.2. The molecule has 2 aromatic heterocycles. The molecule has 0 unspecified atom stereocenters. The molecule has 10 heteroatoms. The van der Waals surface area contributed by atoms with E-state index < -0.39 is 15.4 Å². The molecule has 0 saturated carbocycles. The van der Waals surface area contributed by atoms with E-state index in [1.54, 1.807) is 17.0 Å². The molecule has 0 aliphatic carbocycles. The predicted octanol–water partition coefficient (Wildman–Crippen LogP) is 4.33. The molecule has 3 aromatic rings. The van der Waals surface area contributed by atoms with Gasteiger partial charge in [0.2, 0.25) is 0 Å². The van der Waals surface area contributed by atoms with Gasteiger partial charge in [0.05, 0.1) is 16.6 Å². The number of piperazine rings is 1. The highest BCUT2D eigenvalue weighted by Crippen LogP contribution is 2.33. The van der Waals surface area contributed by atoms with Crippen LogP contribution in [0.5, 0.6) is 0 Å². The molecule has 208 valence electrons. The number of sulfone groups is 1. The normalized spacial score (nSPS) is 16.9. The van der Waals surface area contributed by atoms with Crippen LogP contribution in [0.15, 0.2) is 53.7 Å². The van der Waals surface area contributed by atoms with Crippen molar-refractivity contribution in [2.24, 2.45) is 7.05 Å². The van der Waals surface area contributed by atoms with Crippen molar-refractivity contribution >= 4 is 43.9 Å². The van der Waals surface area contributed by atoms with Crippen molar-refractivity contribution in [1.29, 1.82) is 0 Å². The fourth-order valence-electron chi connectivity index (χ4n) is 5.20. The minimum absolute atomic E-state index is 0.271. The first-order chi connectivity index (χ1) is 18.4. The van der Waals surface area contributed by atoms with Crippen molar-refractivity contribution in [3.05, 3.63) is 54.4 Å². The second-order valence-electron chi connectivity index (χ2n) is 11.4. The van der Waals surface area contributed by atoms with E-state index in [2.05, 4.69) is 32.7 Å². The second-order valence-corrected chi connectivity index (χ2v) is 13.4. The van der Waals surface area contributed by atoms with Crippen molar-refractivity contribution in [3.8, 4) is 0 Å². The SMILES string of the molecule is Cn1cc(C2=CCN(C(=O)OC(C)(C)C)CC2)c2cc(N3CCN(c4ccc(S(C)(=O)=O)cc4)CC3)ncc21. The van der Waals surface area contributed by atoms with Crippen molar-refractivity contribution in [1.82, 2.24) is 14.5 Å². The molecule has 1 amide bonds. The van der Waals surface area contributed by atoms with Crippen molar-refractivity contribution in [2.75, 3.05) is 55.3 Å². The molecule has 5 rings (SSSR count). The van der Waals surface area contributed by atoms with Crippen LogP contribution in [-0.4, -0.2) is 80.1 Å². The van der Waals surface area contributed by atoms with Gasteiger partial charge in [-0.25, -0.2) is 18.2 Å². The van der Waals surface area contributed by atoms with Crippen LogP contribution in [-0.2, 0) is 21.6 Å². The van der Waals surface area contributed by atoms with E-state index in [1.807, 2.05) is 46.1 Å². The Balaban J connectivity index is 1.30. The molecule has 2 aliphatic rings. The summed E-state index contributed by atoms with van der Waals surface area (Å²) in [7, 11) is -1.16. The Morgan fingerprint density at radius 3 is 2.26 bits per heavy atom. The quantitative estimate of drug-likeness (QED) is 0.477. The van der Waals surface area contributed by atoms with Gasteiger partial charge >= 0.3 is 6.09 Å². The number of ether oxygens (including phenoxy) is 1. The lowest BCUT2D eigenvalue weighted by Gasteiger charge is -2.36. The van der Waals surface area contributed by atoms with E-state index in [1.165, 1.54) is 22.8 Å². The van der Waals surface area contributed by atoms with Gasteiger partial charge in [0.15, 0.2) is 9.84 Å². The Morgan fingerprint density at radius 1 is 1.00 bits per heavy atom. The molecule has 0 atom stereocenters. The van der Waals surface area contributed by atoms with Gasteiger partial charge in [-0.2, -0.15) is 0 Å². The Kier molecular flexibility index (Phi) is 7.09. The van der Waals surface area contributed by atoms with Crippen LogP contribution in [0, 0.1) is 0 Å². The van der Waals surface area contributed by atoms with Gasteiger partial charge in [0, 0.05) is 75.4 Å². The molecule has 1 saturated heterocycles. The van der Waals surface area contributed by atoms with Gasteiger partial charge in [-0.05, 0) is 63.1 Å². The van der Waals surface area contributed by atoms with Crippen LogP contribution in [0.25, 0.3) is 16.5 Å². The maximum Gasteiger partial charge on any atom is 0.410 e. The average Bonchev–Trinajstić information content (AvgIpc) is 3.23. The predicted molar refractivity (Wildman–Crippen MR) is 155 cm³/mol. The summed E-state index contributed by atoms with van der Waals surface area (Å²) in [6.45, 7) is 10.1. The lowest BCUT2D eigenvalue weighted by Crippen LogP contribution is -2.46. The maximum atomic E-state index is 12.5. The van der Waals surface area contributed by atoms with Crippen LogP contribution in [0.3, 0.4) is 0 Å². The number of nitrogens with zero attached hydrogens (tertiary/aromatic N) is 5. The molecule has 0 radical (unpaired) electrons. The molecule has 9 nitrogen and oxygen atoms in total. The minimum Gasteiger partial charge on any atom is -0.444 e. The maximum absolute atomic E-state index is 12.5. The number of hydrogen-bond acceptors (Lipinski definition) is 7. The first-order valence-electron chi connectivity index (χ1n) is 13.3. The number of carbonyl (C=O) groups is 1. The smallest absolute Gasteiger partial charge is 0.410 e. The monoisotopic (exact) mass is 551 g/mol. The summed E-state index contributed by atoms with van der Waals surface area (Å²) in [6.07, 6.45) is 7.96. The fraction of sp³-hybridized carbons (Fsp3) is 0.448. The summed E-state index contributed by atoms with van der Waals surface area (Å²) in [5.74, 6) is 0.953. The summed E-state index contributed by atoms with van der Waals surface area (Å²) in [5, 5.41) is 1.17. The van der Waals surface area contributed by atoms with E-state index in [0.29, 0.717) is 18.0 Å². The van der Waals surface area contributed by atoms with Gasteiger partial charge in [-0.3, -0.25) is 0 Å². The lowest BCUT2D eigenvalue weighted by molar-refractivity contribution is 0.0270. The van der Waals surface area contributed by atoms with Crippen molar-refractivity contribution in [2.45, 2.75) is 37.7 Å². The van der Waals surface area contributed by atoms with Crippen LogP contribution in [0.4, 0.5) is 16.3 Å².